The van der Waals surface area contributed by atoms with Crippen molar-refractivity contribution in [2.45, 2.75) is 19.4 Å². The number of carboxylic acid groups (broad SMARTS) is 1. The van der Waals surface area contributed by atoms with E-state index in [-0.39, 0.29) is 17.7 Å². The van der Waals surface area contributed by atoms with Crippen molar-refractivity contribution in [2.24, 2.45) is 5.92 Å². The number of aromatic carboxylic acids is 1. The Balaban J connectivity index is 2.23. The number of halogens is 1. The molecule has 114 valence electrons. The number of carboxylic acids is 1. The molecule has 0 saturated carbocycles. The number of rotatable bonds is 5. The van der Waals surface area contributed by atoms with E-state index in [4.69, 9.17) is 9.84 Å². The zero-order valence-corrected chi connectivity index (χ0v) is 11.3. The first-order valence-corrected chi connectivity index (χ1v) is 6.47. The third-order valence-corrected chi connectivity index (χ3v) is 3.60. The normalized spacial score (nSPS) is 21.2. The summed E-state index contributed by atoms with van der Waals surface area (Å²) in [5.41, 5.74) is -1.20. The molecule has 8 heteroatoms. The summed E-state index contributed by atoms with van der Waals surface area (Å²) in [5, 5.41) is 22.6. The van der Waals surface area contributed by atoms with Crippen molar-refractivity contribution in [3.63, 3.8) is 0 Å². The van der Waals surface area contributed by atoms with E-state index in [0.29, 0.717) is 13.2 Å². The fourth-order valence-electron chi connectivity index (χ4n) is 2.30. The van der Waals surface area contributed by atoms with Crippen LogP contribution in [-0.4, -0.2) is 35.3 Å². The van der Waals surface area contributed by atoms with Crippen LogP contribution in [-0.2, 0) is 4.74 Å². The molecule has 2 unspecified atom stereocenters. The highest BCUT2D eigenvalue weighted by Crippen LogP contribution is 2.29. The summed E-state index contributed by atoms with van der Waals surface area (Å²) in [6.45, 7) is 2.93. The molecule has 0 bridgehead atoms. The van der Waals surface area contributed by atoms with Gasteiger partial charge in [-0.15, -0.1) is 0 Å². The molecule has 0 amide bonds. The monoisotopic (exact) mass is 298 g/mol. The molecule has 1 aliphatic rings. The van der Waals surface area contributed by atoms with E-state index in [0.717, 1.165) is 18.6 Å². The van der Waals surface area contributed by atoms with E-state index >= 15 is 0 Å². The van der Waals surface area contributed by atoms with Crippen LogP contribution < -0.4 is 5.32 Å². The molecular weight excluding hydrogens is 283 g/mol. The quantitative estimate of drug-likeness (QED) is 0.638. The molecule has 1 aromatic rings. The van der Waals surface area contributed by atoms with E-state index in [1.807, 2.05) is 6.92 Å². The summed E-state index contributed by atoms with van der Waals surface area (Å²) < 4.78 is 19.0. The Bertz CT molecular complexity index is 578. The summed E-state index contributed by atoms with van der Waals surface area (Å²) >= 11 is 0. The molecule has 1 aliphatic heterocycles. The van der Waals surface area contributed by atoms with Gasteiger partial charge in [-0.25, -0.2) is 9.18 Å². The maximum atomic E-state index is 13.7. The van der Waals surface area contributed by atoms with Crippen molar-refractivity contribution in [3.05, 3.63) is 33.6 Å². The second-order valence-corrected chi connectivity index (χ2v) is 4.92. The summed E-state index contributed by atoms with van der Waals surface area (Å²) in [5.74, 6) is -2.38. The Morgan fingerprint density at radius 2 is 2.33 bits per heavy atom. The molecule has 2 atom stereocenters. The SMILES string of the molecule is CC1OCCC1CNc1cc(F)c(C(=O)O)cc1[N+](=O)[O-]. The van der Waals surface area contributed by atoms with E-state index in [1.165, 1.54) is 0 Å². The maximum absolute atomic E-state index is 13.7. The summed E-state index contributed by atoms with van der Waals surface area (Å²) in [4.78, 5) is 21.1. The Morgan fingerprint density at radius 3 is 2.86 bits per heavy atom. The lowest BCUT2D eigenvalue weighted by Crippen LogP contribution is -2.21. The van der Waals surface area contributed by atoms with Gasteiger partial charge < -0.3 is 15.2 Å². The predicted molar refractivity (Wildman–Crippen MR) is 72.0 cm³/mol. The Morgan fingerprint density at radius 1 is 1.62 bits per heavy atom. The van der Waals surface area contributed by atoms with Gasteiger partial charge in [0.15, 0.2) is 0 Å². The molecule has 1 fully saturated rings. The van der Waals surface area contributed by atoms with Crippen LogP contribution in [0.25, 0.3) is 0 Å². The molecule has 1 heterocycles. The minimum Gasteiger partial charge on any atom is -0.478 e. The van der Waals surface area contributed by atoms with Crippen LogP contribution in [0.4, 0.5) is 15.8 Å². The van der Waals surface area contributed by atoms with E-state index in [2.05, 4.69) is 5.32 Å². The van der Waals surface area contributed by atoms with Crippen molar-refractivity contribution >= 4 is 17.3 Å². The minimum atomic E-state index is -1.54. The maximum Gasteiger partial charge on any atom is 0.338 e. The average Bonchev–Trinajstić information content (AvgIpc) is 2.81. The first-order valence-electron chi connectivity index (χ1n) is 6.47. The van der Waals surface area contributed by atoms with Gasteiger partial charge in [0.25, 0.3) is 5.69 Å². The minimum absolute atomic E-state index is 0.0263. The number of nitrogens with zero attached hydrogens (tertiary/aromatic N) is 1. The topological polar surface area (TPSA) is 102 Å². The van der Waals surface area contributed by atoms with Crippen LogP contribution in [0.3, 0.4) is 0 Å². The number of hydrogen-bond donors (Lipinski definition) is 2. The van der Waals surface area contributed by atoms with E-state index in [9.17, 15) is 19.3 Å². The first kappa shape index (κ1) is 15.2. The molecule has 2 rings (SSSR count). The van der Waals surface area contributed by atoms with Gasteiger partial charge in [0.1, 0.15) is 17.1 Å². The van der Waals surface area contributed by atoms with E-state index < -0.39 is 28.0 Å². The van der Waals surface area contributed by atoms with Gasteiger partial charge in [0.05, 0.1) is 11.0 Å². The molecule has 1 saturated heterocycles. The number of benzene rings is 1. The lowest BCUT2D eigenvalue weighted by Gasteiger charge is -2.16. The highest BCUT2D eigenvalue weighted by molar-refractivity contribution is 5.90. The molecular formula is C13H15FN2O5. The third kappa shape index (κ3) is 3.27. The van der Waals surface area contributed by atoms with Crippen LogP contribution >= 0.6 is 0 Å². The van der Waals surface area contributed by atoms with Crippen LogP contribution in [0.5, 0.6) is 0 Å². The molecule has 1 aromatic carbocycles. The van der Waals surface area contributed by atoms with Gasteiger partial charge >= 0.3 is 5.97 Å². The third-order valence-electron chi connectivity index (χ3n) is 3.60. The predicted octanol–water partition coefficient (Wildman–Crippen LogP) is 2.27. The Labute approximate surface area is 119 Å². The van der Waals surface area contributed by atoms with Crippen LogP contribution in [0, 0.1) is 21.8 Å². The standard InChI is InChI=1S/C13H15FN2O5/c1-7-8(2-3-21-7)6-15-11-5-10(14)9(13(17)18)4-12(11)16(19)20/h4-5,7-8,15H,2-3,6H2,1H3,(H,17,18). The van der Waals surface area contributed by atoms with Gasteiger partial charge in [-0.1, -0.05) is 0 Å². The number of nitro groups is 1. The summed E-state index contributed by atoms with van der Waals surface area (Å²) in [7, 11) is 0. The summed E-state index contributed by atoms with van der Waals surface area (Å²) in [6, 6.07) is 1.58. The molecule has 21 heavy (non-hydrogen) atoms. The lowest BCUT2D eigenvalue weighted by atomic mass is 10.0. The number of nitrogens with one attached hydrogen (secondary N) is 1. The van der Waals surface area contributed by atoms with Crippen molar-refractivity contribution in [2.75, 3.05) is 18.5 Å². The Hall–Kier alpha value is -2.22. The second-order valence-electron chi connectivity index (χ2n) is 4.92. The van der Waals surface area contributed by atoms with Crippen molar-refractivity contribution in [1.29, 1.82) is 0 Å². The average molecular weight is 298 g/mol. The molecule has 2 N–H and O–H groups in total. The number of carbonyl (C=O) groups is 1. The van der Waals surface area contributed by atoms with Gasteiger partial charge in [-0.05, 0) is 13.3 Å². The first-order chi connectivity index (χ1) is 9.90. The fourth-order valence-corrected chi connectivity index (χ4v) is 2.30. The van der Waals surface area contributed by atoms with Gasteiger partial charge in [-0.3, -0.25) is 10.1 Å². The fraction of sp³-hybridized carbons (Fsp3) is 0.462. The number of anilines is 1. The Kier molecular flexibility index (Phi) is 4.37. The zero-order valence-electron chi connectivity index (χ0n) is 11.3. The van der Waals surface area contributed by atoms with Crippen molar-refractivity contribution in [1.82, 2.24) is 0 Å². The number of nitro benzene ring substituents is 1. The smallest absolute Gasteiger partial charge is 0.338 e. The number of hydrogen-bond acceptors (Lipinski definition) is 5. The molecule has 0 aromatic heterocycles. The summed E-state index contributed by atoms with van der Waals surface area (Å²) in [6.07, 6.45) is 0.845. The van der Waals surface area contributed by atoms with E-state index in [1.54, 1.807) is 0 Å². The second kappa shape index (κ2) is 6.04. The number of ether oxygens (including phenoxy) is 1. The molecule has 0 spiro atoms. The van der Waals surface area contributed by atoms with Crippen LogP contribution in [0.15, 0.2) is 12.1 Å². The largest absolute Gasteiger partial charge is 0.478 e. The highest BCUT2D eigenvalue weighted by atomic mass is 19.1. The van der Waals surface area contributed by atoms with Crippen molar-refractivity contribution in [3.8, 4) is 0 Å². The van der Waals surface area contributed by atoms with Gasteiger partial charge in [0, 0.05) is 31.2 Å². The lowest BCUT2D eigenvalue weighted by molar-refractivity contribution is -0.384. The van der Waals surface area contributed by atoms with Gasteiger partial charge in [0.2, 0.25) is 0 Å². The highest BCUT2D eigenvalue weighted by Gasteiger charge is 2.26. The molecule has 0 radical (unpaired) electrons. The van der Waals surface area contributed by atoms with Crippen LogP contribution in [0.1, 0.15) is 23.7 Å². The zero-order chi connectivity index (χ0) is 15.6. The van der Waals surface area contributed by atoms with Gasteiger partial charge in [-0.2, -0.15) is 0 Å². The molecule has 0 aliphatic carbocycles. The molecule has 7 nitrogen and oxygen atoms in total. The van der Waals surface area contributed by atoms with Crippen LogP contribution in [0.2, 0.25) is 0 Å². The van der Waals surface area contributed by atoms with Crippen molar-refractivity contribution < 1.29 is 24.0 Å².